The van der Waals surface area contributed by atoms with E-state index in [1.54, 1.807) is 0 Å². The maximum atomic E-state index is 10.2. The molecule has 5 rings (SSSR count). The Hall–Kier alpha value is -3.51. The minimum absolute atomic E-state index is 0.0112. The number of benzene rings is 3. The van der Waals surface area contributed by atoms with Crippen molar-refractivity contribution in [3.63, 3.8) is 0 Å². The van der Waals surface area contributed by atoms with Crippen LogP contribution in [0, 0.1) is 0 Å². The van der Waals surface area contributed by atoms with Crippen LogP contribution in [0.3, 0.4) is 0 Å². The summed E-state index contributed by atoms with van der Waals surface area (Å²) in [5.74, 6) is 0.464. The number of aromatic nitrogens is 2. The van der Waals surface area contributed by atoms with Gasteiger partial charge < -0.3 is 10.1 Å². The van der Waals surface area contributed by atoms with Crippen molar-refractivity contribution in [2.45, 2.75) is 0 Å². The first-order valence-electron chi connectivity index (χ1n) is 9.06. The average molecular weight is 443 g/mol. The molecule has 0 aliphatic carbocycles. The first-order valence-corrected chi connectivity index (χ1v) is 9.85. The number of fused-ring (bicyclic) bond motifs is 2. The summed E-state index contributed by atoms with van der Waals surface area (Å²) < 4.78 is 0.988. The van der Waals surface area contributed by atoms with Crippen LogP contribution in [0.1, 0.15) is 0 Å². The molecular weight excluding hydrogens is 428 g/mol. The molecule has 0 aliphatic heterocycles. The Labute approximate surface area is 174 Å². The molecule has 2 N–H and O–H groups in total. The van der Waals surface area contributed by atoms with E-state index in [1.807, 2.05) is 60.7 Å². The van der Waals surface area contributed by atoms with E-state index < -0.39 is 0 Å². The fourth-order valence-electron chi connectivity index (χ4n) is 3.41. The Morgan fingerprint density at radius 3 is 2.48 bits per heavy atom. The van der Waals surface area contributed by atoms with Gasteiger partial charge in [-0.05, 0) is 41.5 Å². The summed E-state index contributed by atoms with van der Waals surface area (Å²) in [6.07, 6.45) is 0. The second-order valence-electron chi connectivity index (χ2n) is 6.62. The molecule has 6 heteroatoms. The number of aromatic hydroxyl groups is 1. The zero-order chi connectivity index (χ0) is 19.8. The lowest BCUT2D eigenvalue weighted by atomic mass is 10.0. The van der Waals surface area contributed by atoms with Gasteiger partial charge in [-0.2, -0.15) is 0 Å². The second-order valence-corrected chi connectivity index (χ2v) is 7.54. The summed E-state index contributed by atoms with van der Waals surface area (Å²) in [7, 11) is 0. The molecule has 140 valence electrons. The third-order valence-electron chi connectivity index (χ3n) is 4.75. The molecule has 0 unspecified atom stereocenters. The van der Waals surface area contributed by atoms with Gasteiger partial charge in [0.1, 0.15) is 0 Å². The number of nitrogens with zero attached hydrogens (tertiary/aromatic N) is 3. The van der Waals surface area contributed by atoms with E-state index >= 15 is 0 Å². The molecule has 5 aromatic rings. The van der Waals surface area contributed by atoms with Crippen LogP contribution in [0.2, 0.25) is 0 Å². The average Bonchev–Trinajstić information content (AvgIpc) is 3.07. The number of para-hydroxylation sites is 1. The SMILES string of the molecule is Oc1[nH]c2ccccc2c1N=Nc1cc(-c2ccccc2)c2cc(Br)ccc2n1. The number of hydrogen-bond acceptors (Lipinski definition) is 4. The Kier molecular flexibility index (Phi) is 4.33. The summed E-state index contributed by atoms with van der Waals surface area (Å²) in [5, 5.41) is 20.7. The minimum atomic E-state index is -0.0112. The molecule has 0 spiro atoms. The number of rotatable bonds is 3. The molecule has 0 fully saturated rings. The molecule has 0 saturated heterocycles. The molecule has 0 amide bonds. The van der Waals surface area contributed by atoms with E-state index in [2.05, 4.69) is 54.3 Å². The molecule has 0 radical (unpaired) electrons. The molecule has 2 aromatic heterocycles. The number of azo groups is 1. The van der Waals surface area contributed by atoms with Gasteiger partial charge in [-0.1, -0.05) is 64.5 Å². The van der Waals surface area contributed by atoms with E-state index in [-0.39, 0.29) is 5.88 Å². The van der Waals surface area contributed by atoms with Gasteiger partial charge in [0.05, 0.1) is 11.0 Å². The lowest BCUT2D eigenvalue weighted by Gasteiger charge is -2.08. The molecule has 0 aliphatic rings. The van der Waals surface area contributed by atoms with Crippen LogP contribution in [0.25, 0.3) is 32.9 Å². The lowest BCUT2D eigenvalue weighted by Crippen LogP contribution is -1.86. The van der Waals surface area contributed by atoms with E-state index in [4.69, 9.17) is 0 Å². The topological polar surface area (TPSA) is 73.6 Å². The second kappa shape index (κ2) is 7.14. The highest BCUT2D eigenvalue weighted by Gasteiger charge is 2.11. The quantitative estimate of drug-likeness (QED) is 0.288. The van der Waals surface area contributed by atoms with E-state index in [9.17, 15) is 5.11 Å². The van der Waals surface area contributed by atoms with Gasteiger partial charge >= 0.3 is 0 Å². The highest BCUT2D eigenvalue weighted by atomic mass is 79.9. The number of aromatic amines is 1. The number of H-pyrrole nitrogens is 1. The first kappa shape index (κ1) is 17.6. The van der Waals surface area contributed by atoms with E-state index in [0.29, 0.717) is 11.5 Å². The van der Waals surface area contributed by atoms with E-state index in [0.717, 1.165) is 37.4 Å². The van der Waals surface area contributed by atoms with E-state index in [1.165, 1.54) is 0 Å². The number of halogens is 1. The van der Waals surface area contributed by atoms with Crippen molar-refractivity contribution in [3.05, 3.63) is 83.3 Å². The van der Waals surface area contributed by atoms with Gasteiger partial charge in [-0.15, -0.1) is 10.2 Å². The summed E-state index contributed by atoms with van der Waals surface area (Å²) >= 11 is 3.54. The van der Waals surface area contributed by atoms with Crippen molar-refractivity contribution >= 4 is 49.2 Å². The minimum Gasteiger partial charge on any atom is -0.493 e. The molecule has 2 heterocycles. The number of nitrogens with one attached hydrogen (secondary N) is 1. The van der Waals surface area contributed by atoms with Crippen LogP contribution < -0.4 is 0 Å². The predicted octanol–water partition coefficient (Wildman–Crippen LogP) is 7.27. The fourth-order valence-corrected chi connectivity index (χ4v) is 3.77. The number of hydrogen-bond donors (Lipinski definition) is 2. The maximum absolute atomic E-state index is 10.2. The van der Waals surface area contributed by atoms with Gasteiger partial charge in [0, 0.05) is 15.2 Å². The highest BCUT2D eigenvalue weighted by Crippen LogP contribution is 2.37. The summed E-state index contributed by atoms with van der Waals surface area (Å²) in [4.78, 5) is 7.55. The predicted molar refractivity (Wildman–Crippen MR) is 119 cm³/mol. The smallest absolute Gasteiger partial charge is 0.218 e. The maximum Gasteiger partial charge on any atom is 0.218 e. The Morgan fingerprint density at radius 1 is 0.828 bits per heavy atom. The normalized spacial score (nSPS) is 11.6. The summed E-state index contributed by atoms with van der Waals surface area (Å²) in [5.41, 5.74) is 4.13. The molecule has 0 bridgehead atoms. The highest BCUT2D eigenvalue weighted by molar-refractivity contribution is 9.10. The van der Waals surface area contributed by atoms with Crippen molar-refractivity contribution in [1.82, 2.24) is 9.97 Å². The Balaban J connectivity index is 1.67. The van der Waals surface area contributed by atoms with Gasteiger partial charge in [-0.25, -0.2) is 4.98 Å². The molecule has 3 aromatic carbocycles. The van der Waals surface area contributed by atoms with Crippen molar-refractivity contribution < 1.29 is 5.11 Å². The zero-order valence-electron chi connectivity index (χ0n) is 15.2. The van der Waals surface area contributed by atoms with Crippen LogP contribution in [0.15, 0.2) is 93.6 Å². The van der Waals surface area contributed by atoms with Gasteiger partial charge in [0.2, 0.25) is 5.88 Å². The first-order chi connectivity index (χ1) is 14.2. The van der Waals surface area contributed by atoms with Gasteiger partial charge in [-0.3, -0.25) is 0 Å². The number of pyridine rings is 1. The third kappa shape index (κ3) is 3.28. The molecule has 0 atom stereocenters. The third-order valence-corrected chi connectivity index (χ3v) is 5.25. The summed E-state index contributed by atoms with van der Waals surface area (Å²) in [6, 6.07) is 25.6. The standard InChI is InChI=1S/C23H15BrN4O/c24-15-10-11-20-18(12-15)17(14-6-2-1-3-7-14)13-21(25-20)27-28-22-16-8-4-5-9-19(16)26-23(22)29/h1-13,26,29H. The molecular formula is C23H15BrN4O. The Morgan fingerprint density at radius 2 is 1.62 bits per heavy atom. The van der Waals surface area contributed by atoms with Crippen molar-refractivity contribution in [1.29, 1.82) is 0 Å². The molecule has 5 nitrogen and oxygen atoms in total. The van der Waals surface area contributed by atoms with Crippen LogP contribution in [-0.2, 0) is 0 Å². The van der Waals surface area contributed by atoms with Crippen LogP contribution in [0.5, 0.6) is 5.88 Å². The Bertz CT molecular complexity index is 1380. The fraction of sp³-hybridized carbons (Fsp3) is 0. The van der Waals surface area contributed by atoms with Gasteiger partial charge in [0.15, 0.2) is 11.5 Å². The largest absolute Gasteiger partial charge is 0.493 e. The zero-order valence-corrected chi connectivity index (χ0v) is 16.8. The van der Waals surface area contributed by atoms with Crippen molar-refractivity contribution in [3.8, 4) is 17.0 Å². The van der Waals surface area contributed by atoms with Crippen LogP contribution >= 0.6 is 15.9 Å². The van der Waals surface area contributed by atoms with Gasteiger partial charge in [0.25, 0.3) is 0 Å². The van der Waals surface area contributed by atoms with Crippen LogP contribution in [-0.4, -0.2) is 15.1 Å². The molecule has 29 heavy (non-hydrogen) atoms. The van der Waals surface area contributed by atoms with Crippen molar-refractivity contribution in [2.75, 3.05) is 0 Å². The van der Waals surface area contributed by atoms with Crippen molar-refractivity contribution in [2.24, 2.45) is 10.2 Å². The lowest BCUT2D eigenvalue weighted by molar-refractivity contribution is 0.459. The van der Waals surface area contributed by atoms with Crippen LogP contribution in [0.4, 0.5) is 11.5 Å². The summed E-state index contributed by atoms with van der Waals surface area (Å²) in [6.45, 7) is 0. The molecule has 0 saturated carbocycles. The monoisotopic (exact) mass is 442 g/mol.